The van der Waals surface area contributed by atoms with Gasteiger partial charge in [-0.3, -0.25) is 9.59 Å². The fraction of sp³-hybridized carbons (Fsp3) is 0.375. The number of carbonyl (C=O) groups excluding carboxylic acids is 2. The molecule has 4 rings (SSSR count). The number of rotatable bonds is 32. The van der Waals surface area contributed by atoms with Gasteiger partial charge in [0, 0.05) is 44.8 Å². The summed E-state index contributed by atoms with van der Waals surface area (Å²) >= 11 is 0. The number of amides is 1. The number of nitrogens with zero attached hydrogens (tertiary/aromatic N) is 6. The molecule has 20 nitrogen and oxygen atoms in total. The lowest BCUT2D eigenvalue weighted by atomic mass is 9.99. The third-order valence-corrected chi connectivity index (χ3v) is 16.7. The second kappa shape index (κ2) is 27.9. The summed E-state index contributed by atoms with van der Waals surface area (Å²) in [5.74, 6) is 0.823. The Balaban J connectivity index is 1.04. The van der Waals surface area contributed by atoms with Crippen LogP contribution in [0, 0.1) is 17.8 Å². The highest BCUT2D eigenvalue weighted by atomic mass is 32.2. The Morgan fingerprint density at radius 1 is 0.625 bits per heavy atom. The molecular weight excluding hydrogens is 1010 g/mol. The number of ketones is 1. The van der Waals surface area contributed by atoms with Gasteiger partial charge < -0.3 is 14.8 Å². The third-order valence-electron chi connectivity index (χ3n) is 11.2. The summed E-state index contributed by atoms with van der Waals surface area (Å²) in [6.07, 6.45) is 11.1. The number of Topliss-reactive ketones (excluding diaryl/α,β-unsaturated/α-hetero) is 1. The van der Waals surface area contributed by atoms with Crippen LogP contribution < -0.4 is 19.5 Å². The van der Waals surface area contributed by atoms with E-state index in [-0.39, 0.29) is 67.6 Å². The van der Waals surface area contributed by atoms with Crippen molar-refractivity contribution in [1.29, 1.82) is 0 Å². The van der Waals surface area contributed by atoms with Crippen molar-refractivity contribution in [3.05, 3.63) is 143 Å². The van der Waals surface area contributed by atoms with Crippen LogP contribution >= 0.6 is 0 Å². The monoisotopic (exact) mass is 1070 g/mol. The molecule has 0 aromatic heterocycles. The van der Waals surface area contributed by atoms with Gasteiger partial charge in [-0.05, 0) is 158 Å². The van der Waals surface area contributed by atoms with Gasteiger partial charge in [0.15, 0.2) is 9.84 Å². The molecule has 2 N–H and O–H groups in total. The van der Waals surface area contributed by atoms with Gasteiger partial charge in [-0.15, -0.1) is 6.58 Å². The summed E-state index contributed by atoms with van der Waals surface area (Å²) in [4.78, 5) is 29.7. The standard InChI is InChI=1S/C48H58N8O12S4/c1-4-38(48(58)51-33-10-12-37(3)35-52-70(61,62)45-26-18-41(19-27-45)68-43-22-30-47(31-23-43)72(65,66)56-54-50)13-6-5-7-14-39(57)15-9-8-11-36(2)32-34-69(59,60)44-24-16-40(17-25-44)67-42-20-28-46(29-21-42)71(63,64)55-53-49/h4-5,7,16-31,36-38,52H,1,6,8-15,32-35H2,2-3H3,(H,51,58)/b7-5+. The molecule has 0 spiro atoms. The van der Waals surface area contributed by atoms with E-state index < -0.39 is 45.8 Å². The van der Waals surface area contributed by atoms with Crippen molar-refractivity contribution >= 4 is 51.6 Å². The normalized spacial score (nSPS) is 13.2. The zero-order valence-corrected chi connectivity index (χ0v) is 43.1. The largest absolute Gasteiger partial charge is 0.457 e. The molecule has 0 bridgehead atoms. The summed E-state index contributed by atoms with van der Waals surface area (Å²) in [5, 5.41) is 2.92. The Morgan fingerprint density at radius 2 is 1.10 bits per heavy atom. The van der Waals surface area contributed by atoms with E-state index in [1.54, 1.807) is 6.08 Å². The van der Waals surface area contributed by atoms with Crippen molar-refractivity contribution in [1.82, 2.24) is 10.0 Å². The predicted molar refractivity (Wildman–Crippen MR) is 271 cm³/mol. The maximum absolute atomic E-state index is 13.0. The number of ether oxygens (including phenoxy) is 2. The molecule has 0 saturated carbocycles. The lowest BCUT2D eigenvalue weighted by molar-refractivity contribution is -0.123. The smallest absolute Gasteiger partial charge is 0.264 e. The van der Waals surface area contributed by atoms with Crippen LogP contribution in [0.5, 0.6) is 23.0 Å². The van der Waals surface area contributed by atoms with Crippen molar-refractivity contribution in [3.8, 4) is 23.0 Å². The van der Waals surface area contributed by atoms with E-state index >= 15 is 0 Å². The van der Waals surface area contributed by atoms with Crippen molar-refractivity contribution in [2.45, 2.75) is 97.6 Å². The average Bonchev–Trinajstić information content (AvgIpc) is 3.34. The summed E-state index contributed by atoms with van der Waals surface area (Å²) in [5.41, 5.74) is 16.9. The molecule has 0 aliphatic rings. The van der Waals surface area contributed by atoms with E-state index in [4.69, 9.17) is 20.5 Å². The van der Waals surface area contributed by atoms with Crippen LogP contribution in [0.25, 0.3) is 20.9 Å². The van der Waals surface area contributed by atoms with E-state index in [2.05, 4.69) is 35.5 Å². The average molecular weight is 1070 g/mol. The summed E-state index contributed by atoms with van der Waals surface area (Å²) in [6.45, 7) is 8.27. The van der Waals surface area contributed by atoms with Crippen LogP contribution in [0.4, 0.5) is 0 Å². The van der Waals surface area contributed by atoms with Gasteiger partial charge in [-0.2, -0.15) is 0 Å². The second-order valence-electron chi connectivity index (χ2n) is 16.9. The number of unbranched alkanes of at least 4 members (excludes halogenated alkanes) is 1. The third kappa shape index (κ3) is 19.2. The molecule has 3 atom stereocenters. The highest BCUT2D eigenvalue weighted by molar-refractivity contribution is 7.91. The first-order valence-corrected chi connectivity index (χ1v) is 28.9. The number of carbonyl (C=O) groups is 2. The fourth-order valence-corrected chi connectivity index (χ4v) is 11.0. The zero-order valence-electron chi connectivity index (χ0n) is 39.8. The Bertz CT molecular complexity index is 3050. The quantitative estimate of drug-likeness (QED) is 0.0152. The number of hydrogen-bond donors (Lipinski definition) is 2. The Kier molecular flexibility index (Phi) is 22.5. The first kappa shape index (κ1) is 58.1. The van der Waals surface area contributed by atoms with Crippen LogP contribution in [0.1, 0.15) is 78.1 Å². The van der Waals surface area contributed by atoms with Crippen molar-refractivity contribution < 1.29 is 52.7 Å². The van der Waals surface area contributed by atoms with Crippen LogP contribution in [-0.2, 0) is 49.5 Å². The maximum Gasteiger partial charge on any atom is 0.264 e. The van der Waals surface area contributed by atoms with Crippen LogP contribution in [0.3, 0.4) is 0 Å². The first-order chi connectivity index (χ1) is 34.2. The van der Waals surface area contributed by atoms with Crippen LogP contribution in [-0.4, -0.2) is 64.2 Å². The molecule has 0 saturated heterocycles. The number of sulfone groups is 1. The molecular formula is C48H58N8O12S4. The van der Waals surface area contributed by atoms with E-state index in [1.807, 2.05) is 26.0 Å². The van der Waals surface area contributed by atoms with Gasteiger partial charge in [-0.25, -0.2) is 38.4 Å². The number of allylic oxidation sites excluding steroid dienone is 2. The number of azide groups is 2. The zero-order chi connectivity index (χ0) is 52.8. The van der Waals surface area contributed by atoms with E-state index in [9.17, 15) is 43.3 Å². The van der Waals surface area contributed by atoms with E-state index in [0.717, 1.165) is 12.8 Å². The minimum atomic E-state index is -4.14. The Hall–Kier alpha value is -6.52. The number of sulfonamides is 3. The molecule has 1 amide bonds. The van der Waals surface area contributed by atoms with Gasteiger partial charge >= 0.3 is 0 Å². The molecule has 0 heterocycles. The summed E-state index contributed by atoms with van der Waals surface area (Å²) < 4.78 is 119. The second-order valence-corrected chi connectivity index (χ2v) is 23.9. The van der Waals surface area contributed by atoms with Crippen molar-refractivity contribution in [2.75, 3.05) is 18.8 Å². The van der Waals surface area contributed by atoms with Gasteiger partial charge in [0.2, 0.25) is 15.9 Å². The molecule has 24 heteroatoms. The number of benzene rings is 4. The van der Waals surface area contributed by atoms with Gasteiger partial charge in [-0.1, -0.05) is 44.9 Å². The molecule has 3 unspecified atom stereocenters. The van der Waals surface area contributed by atoms with Gasteiger partial charge in [0.1, 0.15) is 28.8 Å². The topological polar surface area (TPSA) is 311 Å². The fourth-order valence-electron chi connectivity index (χ4n) is 6.95. The SMILES string of the molecule is C=CC(CC/C=C/CC(=O)CCCCC(C)CCS(=O)(=O)c1ccc(Oc2ccc(S(=O)(=O)N=[N+]=[N-])cc2)cc1)C(=O)NCCCC(C)CNS(=O)(=O)c1ccc(Oc2ccc(S(=O)(=O)N=[N+]=[N-])cc2)cc1. The van der Waals surface area contributed by atoms with Gasteiger partial charge in [0.25, 0.3) is 20.0 Å². The minimum Gasteiger partial charge on any atom is -0.457 e. The van der Waals surface area contributed by atoms with Crippen molar-refractivity contribution in [2.24, 2.45) is 26.8 Å². The Morgan fingerprint density at radius 3 is 1.58 bits per heavy atom. The summed E-state index contributed by atoms with van der Waals surface area (Å²) in [7, 11) is -15.7. The highest BCUT2D eigenvalue weighted by Crippen LogP contribution is 2.28. The number of nitrogens with one attached hydrogen (secondary N) is 2. The summed E-state index contributed by atoms with van der Waals surface area (Å²) in [6, 6.07) is 22.0. The molecule has 0 aliphatic carbocycles. The van der Waals surface area contributed by atoms with E-state index in [1.165, 1.54) is 97.1 Å². The minimum absolute atomic E-state index is 0.0266. The lowest BCUT2D eigenvalue weighted by Crippen LogP contribution is -2.31. The molecule has 4 aromatic carbocycles. The lowest BCUT2D eigenvalue weighted by Gasteiger charge is -2.15. The molecule has 0 aliphatic heterocycles. The molecule has 0 fully saturated rings. The first-order valence-electron chi connectivity index (χ1n) is 22.9. The van der Waals surface area contributed by atoms with Gasteiger partial charge in [0.05, 0.1) is 31.3 Å². The Labute approximate surface area is 421 Å². The molecule has 0 radical (unpaired) electrons. The maximum atomic E-state index is 13.0. The molecule has 4 aromatic rings. The number of hydrogen-bond acceptors (Lipinski definition) is 12. The molecule has 72 heavy (non-hydrogen) atoms. The predicted octanol–water partition coefficient (Wildman–Crippen LogP) is 10.2. The molecule has 386 valence electrons. The van der Waals surface area contributed by atoms with Crippen LogP contribution in [0.2, 0.25) is 0 Å². The van der Waals surface area contributed by atoms with Crippen molar-refractivity contribution in [3.63, 3.8) is 0 Å². The van der Waals surface area contributed by atoms with Crippen LogP contribution in [0.15, 0.2) is 150 Å². The highest BCUT2D eigenvalue weighted by Gasteiger charge is 2.19. The van der Waals surface area contributed by atoms with E-state index in [0.29, 0.717) is 68.7 Å².